The van der Waals surface area contributed by atoms with Crippen molar-refractivity contribution in [3.63, 3.8) is 0 Å². The van der Waals surface area contributed by atoms with Crippen molar-refractivity contribution in [1.29, 1.82) is 0 Å². The number of rotatable bonds is 7. The van der Waals surface area contributed by atoms with E-state index >= 15 is 0 Å². The lowest BCUT2D eigenvalue weighted by Crippen LogP contribution is -2.39. The molecule has 0 aliphatic carbocycles. The Kier molecular flexibility index (Phi) is 6.36. The summed E-state index contributed by atoms with van der Waals surface area (Å²) in [6.45, 7) is 3.29. The molecule has 10 nitrogen and oxygen atoms in total. The summed E-state index contributed by atoms with van der Waals surface area (Å²) < 4.78 is 29.0. The van der Waals surface area contributed by atoms with Crippen molar-refractivity contribution >= 4 is 38.8 Å². The van der Waals surface area contributed by atoms with Crippen LogP contribution in [0.3, 0.4) is 0 Å². The number of nitro groups is 1. The van der Waals surface area contributed by atoms with Crippen molar-refractivity contribution in [2.75, 3.05) is 13.1 Å². The molecule has 1 aliphatic heterocycles. The lowest BCUT2D eigenvalue weighted by Gasteiger charge is -2.30. The van der Waals surface area contributed by atoms with Crippen molar-refractivity contribution in [2.24, 2.45) is 5.92 Å². The topological polar surface area (TPSA) is 124 Å². The van der Waals surface area contributed by atoms with E-state index < -0.39 is 14.9 Å². The van der Waals surface area contributed by atoms with Crippen LogP contribution in [-0.2, 0) is 16.6 Å². The first-order valence-electron chi connectivity index (χ1n) is 9.59. The summed E-state index contributed by atoms with van der Waals surface area (Å²) in [6, 6.07) is 7.86. The number of hydrogen-bond acceptors (Lipinski definition) is 9. The minimum absolute atomic E-state index is 0.0733. The Morgan fingerprint density at radius 3 is 2.90 bits per heavy atom. The second-order valence-corrected chi connectivity index (χ2v) is 11.3. The smallest absolute Gasteiger partial charge is 0.258 e. The Hall–Kier alpha value is -2.35. The van der Waals surface area contributed by atoms with Gasteiger partial charge in [-0.05, 0) is 64.5 Å². The largest absolute Gasteiger partial charge is 0.284 e. The first-order chi connectivity index (χ1) is 14.8. The highest BCUT2D eigenvalue weighted by molar-refractivity contribution is 7.99. The normalized spacial score (nSPS) is 17.6. The number of nitrogens with zero attached hydrogens (tertiary/aromatic N) is 6. The van der Waals surface area contributed by atoms with Gasteiger partial charge in [0.25, 0.3) is 5.69 Å². The third-order valence-corrected chi connectivity index (χ3v) is 8.73. The highest BCUT2D eigenvalue weighted by atomic mass is 32.2. The van der Waals surface area contributed by atoms with Crippen LogP contribution in [0.25, 0.3) is 0 Å². The molecule has 0 amide bonds. The SMILES string of the molecule is CC1CCCN(S(=O)(=O)c2ccc(Sc3nnnn3Cc3cccs3)c([N+](=O)[O-])c2)C1. The summed E-state index contributed by atoms with van der Waals surface area (Å²) in [6.07, 6.45) is 1.76. The van der Waals surface area contributed by atoms with Crippen LogP contribution in [0.4, 0.5) is 5.69 Å². The molecule has 2 aromatic heterocycles. The van der Waals surface area contributed by atoms with Crippen LogP contribution in [0.1, 0.15) is 24.6 Å². The lowest BCUT2D eigenvalue weighted by atomic mass is 10.0. The van der Waals surface area contributed by atoms with Crippen LogP contribution in [0, 0.1) is 16.0 Å². The van der Waals surface area contributed by atoms with Gasteiger partial charge in [0.05, 0.1) is 21.3 Å². The van der Waals surface area contributed by atoms with Gasteiger partial charge in [0.2, 0.25) is 15.2 Å². The number of nitro benzene ring substituents is 1. The number of benzene rings is 1. The lowest BCUT2D eigenvalue weighted by molar-refractivity contribution is -0.388. The Labute approximate surface area is 187 Å². The molecule has 4 rings (SSSR count). The van der Waals surface area contributed by atoms with Crippen LogP contribution in [0.5, 0.6) is 0 Å². The predicted molar refractivity (Wildman–Crippen MR) is 116 cm³/mol. The maximum atomic E-state index is 13.0. The monoisotopic (exact) mass is 480 g/mol. The zero-order valence-corrected chi connectivity index (χ0v) is 19.1. The molecule has 1 atom stereocenters. The van der Waals surface area contributed by atoms with Gasteiger partial charge < -0.3 is 0 Å². The molecule has 13 heteroatoms. The molecule has 164 valence electrons. The van der Waals surface area contributed by atoms with E-state index in [-0.39, 0.29) is 21.4 Å². The number of hydrogen-bond donors (Lipinski definition) is 0. The summed E-state index contributed by atoms with van der Waals surface area (Å²) in [5, 5.41) is 25.7. The zero-order valence-electron chi connectivity index (χ0n) is 16.6. The Bertz CT molecular complexity index is 1180. The van der Waals surface area contributed by atoms with Gasteiger partial charge in [0.15, 0.2) is 0 Å². The summed E-state index contributed by atoms with van der Waals surface area (Å²) in [7, 11) is -3.80. The van der Waals surface area contributed by atoms with E-state index in [0.29, 0.717) is 24.8 Å². The fourth-order valence-corrected chi connectivity index (χ4v) is 6.58. The van der Waals surface area contributed by atoms with Gasteiger partial charge in [-0.25, -0.2) is 13.1 Å². The third kappa shape index (κ3) is 4.79. The quantitative estimate of drug-likeness (QED) is 0.373. The van der Waals surface area contributed by atoms with Crippen molar-refractivity contribution in [2.45, 2.75) is 41.3 Å². The van der Waals surface area contributed by atoms with E-state index in [1.807, 2.05) is 24.4 Å². The molecule has 0 saturated carbocycles. The van der Waals surface area contributed by atoms with Crippen LogP contribution < -0.4 is 0 Å². The molecule has 0 bridgehead atoms. The minimum Gasteiger partial charge on any atom is -0.258 e. The van der Waals surface area contributed by atoms with Crippen LogP contribution in [-0.4, -0.2) is 50.9 Å². The fraction of sp³-hybridized carbons (Fsp3) is 0.389. The second kappa shape index (κ2) is 9.02. The van der Waals surface area contributed by atoms with Crippen LogP contribution in [0.2, 0.25) is 0 Å². The van der Waals surface area contributed by atoms with Crippen LogP contribution >= 0.6 is 23.1 Å². The summed E-state index contributed by atoms with van der Waals surface area (Å²) in [5.41, 5.74) is -0.290. The third-order valence-electron chi connectivity index (χ3n) is 4.97. The summed E-state index contributed by atoms with van der Waals surface area (Å²) >= 11 is 2.59. The molecule has 1 fully saturated rings. The second-order valence-electron chi connectivity index (χ2n) is 7.30. The van der Waals surface area contributed by atoms with Gasteiger partial charge in [-0.3, -0.25) is 10.1 Å². The molecule has 1 aromatic carbocycles. The molecular formula is C18H20N6O4S3. The van der Waals surface area contributed by atoms with Gasteiger partial charge in [0.1, 0.15) is 0 Å². The van der Waals surface area contributed by atoms with Crippen molar-refractivity contribution in [3.8, 4) is 0 Å². The number of aromatic nitrogens is 4. The molecule has 31 heavy (non-hydrogen) atoms. The maximum Gasteiger partial charge on any atom is 0.284 e. The number of sulfonamides is 1. The van der Waals surface area contributed by atoms with E-state index in [0.717, 1.165) is 35.5 Å². The molecule has 3 aromatic rings. The van der Waals surface area contributed by atoms with E-state index in [1.165, 1.54) is 16.4 Å². The number of piperidine rings is 1. The molecule has 1 unspecified atom stereocenters. The predicted octanol–water partition coefficient (Wildman–Crippen LogP) is 3.26. The summed E-state index contributed by atoms with van der Waals surface area (Å²) in [5.74, 6) is 0.260. The molecule has 1 aliphatic rings. The van der Waals surface area contributed by atoms with Crippen molar-refractivity contribution in [3.05, 3.63) is 50.7 Å². The number of thiophene rings is 1. The van der Waals surface area contributed by atoms with E-state index in [9.17, 15) is 18.5 Å². The van der Waals surface area contributed by atoms with Gasteiger partial charge in [0, 0.05) is 24.0 Å². The molecule has 0 N–H and O–H groups in total. The highest BCUT2D eigenvalue weighted by Gasteiger charge is 2.31. The van der Waals surface area contributed by atoms with E-state index in [1.54, 1.807) is 16.0 Å². The first-order valence-corrected chi connectivity index (χ1v) is 12.7. The minimum atomic E-state index is -3.80. The highest BCUT2D eigenvalue weighted by Crippen LogP contribution is 2.36. The Balaban J connectivity index is 1.62. The van der Waals surface area contributed by atoms with Gasteiger partial charge in [-0.15, -0.1) is 16.4 Å². The van der Waals surface area contributed by atoms with E-state index in [2.05, 4.69) is 15.5 Å². The van der Waals surface area contributed by atoms with E-state index in [4.69, 9.17) is 0 Å². The summed E-state index contributed by atoms with van der Waals surface area (Å²) in [4.78, 5) is 12.4. The van der Waals surface area contributed by atoms with Gasteiger partial charge in [-0.1, -0.05) is 13.0 Å². The average Bonchev–Trinajstić information content (AvgIpc) is 3.41. The standard InChI is InChI=1S/C18H20N6O4S3/c1-13-4-2-8-22(11-13)31(27,28)15-6-7-17(16(10-15)24(25)26)30-18-19-20-21-23(18)12-14-5-3-9-29-14/h3,5-7,9-10,13H,2,4,8,11-12H2,1H3. The molecule has 0 radical (unpaired) electrons. The first kappa shape index (κ1) is 21.9. The molecule has 0 spiro atoms. The molecule has 3 heterocycles. The van der Waals surface area contributed by atoms with Crippen molar-refractivity contribution < 1.29 is 13.3 Å². The zero-order chi connectivity index (χ0) is 22.0. The fourth-order valence-electron chi connectivity index (χ4n) is 3.42. The van der Waals surface area contributed by atoms with Crippen LogP contribution in [0.15, 0.2) is 50.7 Å². The Morgan fingerprint density at radius 2 is 2.19 bits per heavy atom. The molecular weight excluding hydrogens is 460 g/mol. The number of tetrazole rings is 1. The van der Waals surface area contributed by atoms with Gasteiger partial charge >= 0.3 is 0 Å². The average molecular weight is 481 g/mol. The van der Waals surface area contributed by atoms with Crippen molar-refractivity contribution in [1.82, 2.24) is 24.5 Å². The molecule has 1 saturated heterocycles. The Morgan fingerprint density at radius 1 is 1.35 bits per heavy atom. The maximum absolute atomic E-state index is 13.0. The van der Waals surface area contributed by atoms with Gasteiger partial charge in [-0.2, -0.15) is 4.31 Å².